The van der Waals surface area contributed by atoms with Crippen LogP contribution in [0.2, 0.25) is 0 Å². The maximum atomic E-state index is 12.1. The first-order chi connectivity index (χ1) is 14.8. The van der Waals surface area contributed by atoms with Crippen LogP contribution in [0.4, 0.5) is 0 Å². The van der Waals surface area contributed by atoms with Gasteiger partial charge < -0.3 is 4.74 Å². The lowest BCUT2D eigenvalue weighted by molar-refractivity contribution is -0.131. The summed E-state index contributed by atoms with van der Waals surface area (Å²) in [4.78, 5) is 0. The minimum atomic E-state index is -0.332. The van der Waals surface area contributed by atoms with Crippen molar-refractivity contribution in [1.29, 1.82) is 0 Å². The molecule has 0 heterocycles. The van der Waals surface area contributed by atoms with Crippen molar-refractivity contribution < 1.29 is 9.84 Å². The molecule has 2 bridgehead atoms. The highest BCUT2D eigenvalue weighted by atomic mass is 16.5. The SMILES string of the molecule is [CH2]CCCCCCCCCCCCCCCCCCCOC1CC2CCC1C([O])C2. The van der Waals surface area contributed by atoms with Crippen LogP contribution < -0.4 is 0 Å². The van der Waals surface area contributed by atoms with Gasteiger partial charge >= 0.3 is 0 Å². The van der Waals surface area contributed by atoms with E-state index in [1.165, 1.54) is 122 Å². The molecule has 0 aromatic carbocycles. The molecule has 4 unspecified atom stereocenters. The van der Waals surface area contributed by atoms with E-state index in [4.69, 9.17) is 4.74 Å². The molecule has 3 saturated carbocycles. The van der Waals surface area contributed by atoms with Gasteiger partial charge in [0.15, 0.2) is 0 Å². The molecule has 2 heteroatoms. The Morgan fingerprint density at radius 1 is 0.600 bits per heavy atom. The van der Waals surface area contributed by atoms with Gasteiger partial charge in [0, 0.05) is 12.5 Å². The third-order valence-electron chi connectivity index (χ3n) is 7.72. The molecule has 2 nitrogen and oxygen atoms in total. The number of rotatable bonds is 20. The van der Waals surface area contributed by atoms with E-state index >= 15 is 0 Å². The van der Waals surface area contributed by atoms with Crippen LogP contribution in [0, 0.1) is 18.8 Å². The molecule has 4 atom stereocenters. The summed E-state index contributed by atoms with van der Waals surface area (Å²) < 4.78 is 6.11. The van der Waals surface area contributed by atoms with Crippen LogP contribution in [-0.2, 0) is 9.84 Å². The van der Waals surface area contributed by atoms with Crippen LogP contribution >= 0.6 is 0 Å². The molecule has 3 aliphatic rings. The van der Waals surface area contributed by atoms with Gasteiger partial charge in [0.1, 0.15) is 0 Å². The van der Waals surface area contributed by atoms with Crippen LogP contribution in [-0.4, -0.2) is 18.8 Å². The Bertz CT molecular complexity index is 383. The fourth-order valence-electron chi connectivity index (χ4n) is 5.73. The molecule has 0 aromatic rings. The first-order valence-electron chi connectivity index (χ1n) is 13.9. The van der Waals surface area contributed by atoms with Gasteiger partial charge in [-0.25, -0.2) is 5.11 Å². The number of ether oxygens (including phenoxy) is 1. The van der Waals surface area contributed by atoms with Crippen molar-refractivity contribution in [3.63, 3.8) is 0 Å². The second-order valence-electron chi connectivity index (χ2n) is 10.4. The van der Waals surface area contributed by atoms with E-state index in [9.17, 15) is 5.11 Å². The van der Waals surface area contributed by atoms with Gasteiger partial charge in [0.05, 0.1) is 12.2 Å². The molecular formula is C28H52O2. The third-order valence-corrected chi connectivity index (χ3v) is 7.72. The van der Waals surface area contributed by atoms with Crippen molar-refractivity contribution in [2.75, 3.05) is 6.61 Å². The lowest BCUT2D eigenvalue weighted by Gasteiger charge is -2.44. The standard InChI is InChI=1S/C28H52O2/c1-2-3-4-5-6-7-8-9-10-11-12-13-14-15-16-17-18-19-22-30-28-24-25-20-21-26(28)27(29)23-25/h25-28H,1-24H2. The van der Waals surface area contributed by atoms with Gasteiger partial charge in [0.25, 0.3) is 0 Å². The van der Waals surface area contributed by atoms with Crippen LogP contribution in [0.3, 0.4) is 0 Å². The van der Waals surface area contributed by atoms with Gasteiger partial charge in [-0.15, -0.1) is 0 Å². The van der Waals surface area contributed by atoms with Crippen molar-refractivity contribution in [2.45, 2.75) is 153 Å². The van der Waals surface area contributed by atoms with E-state index in [-0.39, 0.29) is 6.10 Å². The molecule has 0 spiro atoms. The summed E-state index contributed by atoms with van der Waals surface area (Å²) in [5.41, 5.74) is 0. The zero-order valence-corrected chi connectivity index (χ0v) is 20.1. The predicted molar refractivity (Wildman–Crippen MR) is 128 cm³/mol. The summed E-state index contributed by atoms with van der Waals surface area (Å²) >= 11 is 0. The average molecular weight is 421 g/mol. The van der Waals surface area contributed by atoms with Crippen LogP contribution in [0.15, 0.2) is 0 Å². The lowest BCUT2D eigenvalue weighted by atomic mass is 9.67. The molecule has 3 aliphatic carbocycles. The lowest BCUT2D eigenvalue weighted by Crippen LogP contribution is -2.45. The minimum absolute atomic E-state index is 0.295. The summed E-state index contributed by atoms with van der Waals surface area (Å²) in [7, 11) is 0. The van der Waals surface area contributed by atoms with E-state index < -0.39 is 0 Å². The molecule has 2 radical (unpaired) electrons. The largest absolute Gasteiger partial charge is 0.378 e. The monoisotopic (exact) mass is 420 g/mol. The second-order valence-corrected chi connectivity index (χ2v) is 10.4. The van der Waals surface area contributed by atoms with Gasteiger partial charge in [-0.2, -0.15) is 0 Å². The average Bonchev–Trinajstić information content (AvgIpc) is 2.75. The Balaban J connectivity index is 1.24. The molecule has 0 amide bonds. The highest BCUT2D eigenvalue weighted by Crippen LogP contribution is 2.43. The molecule has 30 heavy (non-hydrogen) atoms. The zero-order chi connectivity index (χ0) is 21.3. The van der Waals surface area contributed by atoms with Gasteiger partial charge in [0.2, 0.25) is 0 Å². The maximum absolute atomic E-state index is 12.1. The Labute approximate surface area is 188 Å². The predicted octanol–water partition coefficient (Wildman–Crippen LogP) is 8.85. The Morgan fingerprint density at radius 2 is 1.07 bits per heavy atom. The number of hydrogen-bond acceptors (Lipinski definition) is 1. The van der Waals surface area contributed by atoms with Crippen molar-refractivity contribution in [3.05, 3.63) is 6.92 Å². The third kappa shape index (κ3) is 11.5. The summed E-state index contributed by atoms with van der Waals surface area (Å²) in [6.45, 7) is 4.80. The molecule has 176 valence electrons. The summed E-state index contributed by atoms with van der Waals surface area (Å²) in [5, 5.41) is 12.1. The molecule has 0 saturated heterocycles. The summed E-state index contributed by atoms with van der Waals surface area (Å²) in [6.07, 6.45) is 29.4. The van der Waals surface area contributed by atoms with Crippen molar-refractivity contribution in [1.82, 2.24) is 0 Å². The highest BCUT2D eigenvalue weighted by molar-refractivity contribution is 4.92. The number of hydrogen-bond donors (Lipinski definition) is 0. The summed E-state index contributed by atoms with van der Waals surface area (Å²) in [5.74, 6) is 0.990. The van der Waals surface area contributed by atoms with E-state index in [0.29, 0.717) is 17.9 Å². The Hall–Kier alpha value is -0.0800. The molecule has 3 rings (SSSR count). The van der Waals surface area contributed by atoms with Gasteiger partial charge in [-0.1, -0.05) is 116 Å². The molecular weight excluding hydrogens is 368 g/mol. The molecule has 0 N–H and O–H groups in total. The first-order valence-corrected chi connectivity index (χ1v) is 13.9. The molecule has 3 fully saturated rings. The van der Waals surface area contributed by atoms with Crippen LogP contribution in [0.5, 0.6) is 0 Å². The Kier molecular flexibility index (Phi) is 15.2. The van der Waals surface area contributed by atoms with Gasteiger partial charge in [-0.05, 0) is 38.0 Å². The smallest absolute Gasteiger partial charge is 0.0985 e. The highest BCUT2D eigenvalue weighted by Gasteiger charge is 2.42. The van der Waals surface area contributed by atoms with E-state index in [2.05, 4.69) is 6.92 Å². The van der Waals surface area contributed by atoms with E-state index in [0.717, 1.165) is 25.9 Å². The molecule has 0 aromatic heterocycles. The van der Waals surface area contributed by atoms with Crippen molar-refractivity contribution in [3.8, 4) is 0 Å². The fourth-order valence-corrected chi connectivity index (χ4v) is 5.73. The van der Waals surface area contributed by atoms with Crippen LogP contribution in [0.25, 0.3) is 0 Å². The minimum Gasteiger partial charge on any atom is -0.378 e. The molecule has 0 aliphatic heterocycles. The number of fused-ring (bicyclic) bond motifs is 3. The van der Waals surface area contributed by atoms with Crippen molar-refractivity contribution in [2.24, 2.45) is 11.8 Å². The Morgan fingerprint density at radius 3 is 1.50 bits per heavy atom. The second kappa shape index (κ2) is 17.5. The fraction of sp³-hybridized carbons (Fsp3) is 0.964. The number of unbranched alkanes of at least 4 members (excludes halogenated alkanes) is 17. The van der Waals surface area contributed by atoms with Crippen molar-refractivity contribution >= 4 is 0 Å². The van der Waals surface area contributed by atoms with Crippen LogP contribution in [0.1, 0.15) is 141 Å². The topological polar surface area (TPSA) is 29.1 Å². The first kappa shape index (κ1) is 26.2. The van der Waals surface area contributed by atoms with Gasteiger partial charge in [-0.3, -0.25) is 0 Å². The van der Waals surface area contributed by atoms with E-state index in [1.54, 1.807) is 0 Å². The summed E-state index contributed by atoms with van der Waals surface area (Å²) in [6, 6.07) is 0. The normalized spacial score (nSPS) is 25.8. The quantitative estimate of drug-likeness (QED) is 0.181. The maximum Gasteiger partial charge on any atom is 0.0985 e. The zero-order valence-electron chi connectivity index (χ0n) is 20.1. The van der Waals surface area contributed by atoms with E-state index in [1.807, 2.05) is 0 Å².